The van der Waals surface area contributed by atoms with Crippen LogP contribution in [0.15, 0.2) is 22.7 Å². The molecule has 0 bridgehead atoms. The third-order valence-corrected chi connectivity index (χ3v) is 2.51. The number of rotatable bonds is 4. The van der Waals surface area contributed by atoms with E-state index in [9.17, 15) is 4.39 Å². The Morgan fingerprint density at radius 2 is 2.29 bits per heavy atom. The first kappa shape index (κ1) is 11.6. The topological polar surface area (TPSA) is 21.3 Å². The minimum atomic E-state index is -0.226. The molecule has 0 aliphatic heterocycles. The lowest BCUT2D eigenvalue weighted by Crippen LogP contribution is -2.22. The van der Waals surface area contributed by atoms with Gasteiger partial charge in [0.1, 0.15) is 5.82 Å². The van der Waals surface area contributed by atoms with E-state index in [0.29, 0.717) is 12.2 Å². The number of hydrogen-bond acceptors (Lipinski definition) is 2. The van der Waals surface area contributed by atoms with E-state index in [1.54, 1.807) is 20.2 Å². The van der Waals surface area contributed by atoms with Crippen molar-refractivity contribution in [1.82, 2.24) is 5.32 Å². The van der Waals surface area contributed by atoms with Gasteiger partial charge in [-0.15, -0.1) is 0 Å². The van der Waals surface area contributed by atoms with Crippen molar-refractivity contribution in [3.63, 3.8) is 0 Å². The highest BCUT2D eigenvalue weighted by molar-refractivity contribution is 9.10. The fraction of sp³-hybridized carbons (Fsp3) is 0.400. The molecule has 1 aromatic rings. The summed E-state index contributed by atoms with van der Waals surface area (Å²) in [5.41, 5.74) is 0.623. The lowest BCUT2D eigenvalue weighted by Gasteiger charge is -2.16. The van der Waals surface area contributed by atoms with E-state index in [1.807, 2.05) is 6.07 Å². The third kappa shape index (κ3) is 2.77. The molecule has 1 rings (SSSR count). The zero-order valence-corrected chi connectivity index (χ0v) is 9.77. The van der Waals surface area contributed by atoms with E-state index in [1.165, 1.54) is 6.07 Å². The Balaban J connectivity index is 2.92. The molecule has 2 nitrogen and oxygen atoms in total. The normalized spacial score (nSPS) is 12.9. The van der Waals surface area contributed by atoms with Crippen LogP contribution in [-0.4, -0.2) is 20.8 Å². The van der Waals surface area contributed by atoms with Crippen molar-refractivity contribution in [3.8, 4) is 0 Å². The molecule has 0 saturated carbocycles. The summed E-state index contributed by atoms with van der Waals surface area (Å²) in [4.78, 5) is 0. The lowest BCUT2D eigenvalue weighted by atomic mass is 10.1. The van der Waals surface area contributed by atoms with Crippen LogP contribution in [0, 0.1) is 5.82 Å². The van der Waals surface area contributed by atoms with Crippen molar-refractivity contribution < 1.29 is 9.13 Å². The molecule has 0 saturated heterocycles. The molecule has 0 aliphatic carbocycles. The standard InChI is InChI=1S/C10H13BrFNO/c1-13-10(6-14-2)8-4-3-7(11)5-9(8)12/h3-5,10,13H,6H2,1-2H3. The summed E-state index contributed by atoms with van der Waals surface area (Å²) in [6, 6.07) is 4.92. The molecule has 0 aliphatic rings. The van der Waals surface area contributed by atoms with Gasteiger partial charge in [0.05, 0.1) is 12.6 Å². The van der Waals surface area contributed by atoms with Crippen molar-refractivity contribution >= 4 is 15.9 Å². The summed E-state index contributed by atoms with van der Waals surface area (Å²) >= 11 is 3.21. The minimum absolute atomic E-state index is 0.104. The molecule has 0 spiro atoms. The number of nitrogens with one attached hydrogen (secondary N) is 1. The van der Waals surface area contributed by atoms with Crippen LogP contribution in [0.5, 0.6) is 0 Å². The molecule has 14 heavy (non-hydrogen) atoms. The van der Waals surface area contributed by atoms with Gasteiger partial charge < -0.3 is 10.1 Å². The molecule has 0 fully saturated rings. The fourth-order valence-corrected chi connectivity index (χ4v) is 1.61. The van der Waals surface area contributed by atoms with Gasteiger partial charge in [0.25, 0.3) is 0 Å². The van der Waals surface area contributed by atoms with Gasteiger partial charge in [-0.3, -0.25) is 0 Å². The number of hydrogen-bond donors (Lipinski definition) is 1. The summed E-state index contributed by atoms with van der Waals surface area (Å²) in [6.07, 6.45) is 0. The van der Waals surface area contributed by atoms with Gasteiger partial charge in [-0.05, 0) is 19.2 Å². The first-order valence-corrected chi connectivity index (χ1v) is 5.09. The van der Waals surface area contributed by atoms with Crippen LogP contribution in [0.1, 0.15) is 11.6 Å². The van der Waals surface area contributed by atoms with E-state index in [-0.39, 0.29) is 11.9 Å². The number of methoxy groups -OCH3 is 1. The predicted octanol–water partition coefficient (Wildman–Crippen LogP) is 2.50. The van der Waals surface area contributed by atoms with Crippen molar-refractivity contribution in [1.29, 1.82) is 0 Å². The fourth-order valence-electron chi connectivity index (χ4n) is 1.28. The maximum atomic E-state index is 13.5. The van der Waals surface area contributed by atoms with Crippen LogP contribution >= 0.6 is 15.9 Å². The van der Waals surface area contributed by atoms with Gasteiger partial charge in [0.2, 0.25) is 0 Å². The Kier molecular flexibility index (Phi) is 4.51. The number of halogens is 2. The van der Waals surface area contributed by atoms with Crippen molar-refractivity contribution in [2.75, 3.05) is 20.8 Å². The van der Waals surface area contributed by atoms with E-state index < -0.39 is 0 Å². The Morgan fingerprint density at radius 1 is 1.57 bits per heavy atom. The highest BCUT2D eigenvalue weighted by Gasteiger charge is 2.13. The first-order chi connectivity index (χ1) is 6.69. The maximum absolute atomic E-state index is 13.5. The molecular weight excluding hydrogens is 249 g/mol. The van der Waals surface area contributed by atoms with Gasteiger partial charge in [0, 0.05) is 17.1 Å². The second kappa shape index (κ2) is 5.44. The van der Waals surface area contributed by atoms with Crippen LogP contribution in [0.4, 0.5) is 4.39 Å². The Labute approximate surface area is 91.6 Å². The molecule has 0 aromatic heterocycles. The van der Waals surface area contributed by atoms with Crippen LogP contribution in [0.25, 0.3) is 0 Å². The molecule has 1 N–H and O–H groups in total. The molecular formula is C10H13BrFNO. The largest absolute Gasteiger partial charge is 0.383 e. The molecule has 1 aromatic carbocycles. The van der Waals surface area contributed by atoms with Crippen molar-refractivity contribution in [3.05, 3.63) is 34.1 Å². The second-order valence-corrected chi connectivity index (χ2v) is 3.88. The summed E-state index contributed by atoms with van der Waals surface area (Å²) in [5, 5.41) is 3.00. The van der Waals surface area contributed by atoms with Crippen LogP contribution in [0.2, 0.25) is 0 Å². The summed E-state index contributed by atoms with van der Waals surface area (Å²) < 4.78 is 19.2. The average molecular weight is 262 g/mol. The van der Waals surface area contributed by atoms with Gasteiger partial charge in [0.15, 0.2) is 0 Å². The van der Waals surface area contributed by atoms with Crippen LogP contribution < -0.4 is 5.32 Å². The molecule has 1 atom stereocenters. The lowest BCUT2D eigenvalue weighted by molar-refractivity contribution is 0.169. The van der Waals surface area contributed by atoms with E-state index in [2.05, 4.69) is 21.2 Å². The van der Waals surface area contributed by atoms with Gasteiger partial charge in [-0.2, -0.15) is 0 Å². The van der Waals surface area contributed by atoms with Crippen molar-refractivity contribution in [2.45, 2.75) is 6.04 Å². The molecule has 4 heteroatoms. The second-order valence-electron chi connectivity index (χ2n) is 2.96. The summed E-state index contributed by atoms with van der Waals surface area (Å²) in [6.45, 7) is 0.453. The minimum Gasteiger partial charge on any atom is -0.383 e. The van der Waals surface area contributed by atoms with Crippen LogP contribution in [-0.2, 0) is 4.74 Å². The Morgan fingerprint density at radius 3 is 2.79 bits per heavy atom. The van der Waals surface area contributed by atoms with Gasteiger partial charge in [-0.1, -0.05) is 22.0 Å². The highest BCUT2D eigenvalue weighted by atomic mass is 79.9. The predicted molar refractivity (Wildman–Crippen MR) is 57.8 cm³/mol. The smallest absolute Gasteiger partial charge is 0.129 e. The number of benzene rings is 1. The zero-order chi connectivity index (χ0) is 10.6. The molecule has 0 heterocycles. The number of ether oxygens (including phenoxy) is 1. The zero-order valence-electron chi connectivity index (χ0n) is 8.18. The van der Waals surface area contributed by atoms with Gasteiger partial charge >= 0.3 is 0 Å². The SMILES string of the molecule is CNC(COC)c1ccc(Br)cc1F. The number of likely N-dealkylation sites (N-methyl/N-ethyl adjacent to an activating group) is 1. The van der Waals surface area contributed by atoms with Crippen LogP contribution in [0.3, 0.4) is 0 Å². The first-order valence-electron chi connectivity index (χ1n) is 4.30. The highest BCUT2D eigenvalue weighted by Crippen LogP contribution is 2.20. The quantitative estimate of drug-likeness (QED) is 0.900. The maximum Gasteiger partial charge on any atom is 0.129 e. The summed E-state index contributed by atoms with van der Waals surface area (Å²) in [7, 11) is 3.38. The van der Waals surface area contributed by atoms with E-state index in [0.717, 1.165) is 4.47 Å². The van der Waals surface area contributed by atoms with Crippen molar-refractivity contribution in [2.24, 2.45) is 0 Å². The Bertz CT molecular complexity index is 306. The van der Waals surface area contributed by atoms with E-state index >= 15 is 0 Å². The monoisotopic (exact) mass is 261 g/mol. The summed E-state index contributed by atoms with van der Waals surface area (Å²) in [5.74, 6) is -0.226. The molecule has 1 unspecified atom stereocenters. The van der Waals surface area contributed by atoms with Gasteiger partial charge in [-0.25, -0.2) is 4.39 Å². The average Bonchev–Trinajstić information content (AvgIpc) is 2.15. The molecule has 78 valence electrons. The third-order valence-electron chi connectivity index (χ3n) is 2.02. The molecule has 0 amide bonds. The van der Waals surface area contributed by atoms with E-state index in [4.69, 9.17) is 4.74 Å². The Hall–Kier alpha value is -0.450. The molecule has 0 radical (unpaired) electrons.